The van der Waals surface area contributed by atoms with Crippen LogP contribution in [0, 0.1) is 0 Å². The first kappa shape index (κ1) is 11.8. The number of hydrogen-bond donors (Lipinski definition) is 3. The third-order valence-electron chi connectivity index (χ3n) is 1.55. The molecule has 2 unspecified atom stereocenters. The number of nitrogens with one attached hydrogen (secondary N) is 1. The Kier molecular flexibility index (Phi) is 6.28. The van der Waals surface area contributed by atoms with Gasteiger partial charge in [0, 0.05) is 19.1 Å². The maximum Gasteiger partial charge on any atom is 0.0895 e. The molecule has 4 nitrogen and oxygen atoms in total. The van der Waals surface area contributed by atoms with E-state index in [2.05, 4.69) is 10.2 Å². The summed E-state index contributed by atoms with van der Waals surface area (Å²) in [5.41, 5.74) is 0. The largest absolute Gasteiger partial charge is 0.394 e. The van der Waals surface area contributed by atoms with Crippen LogP contribution in [0.4, 0.5) is 0 Å². The predicted molar refractivity (Wildman–Crippen MR) is 49.1 cm³/mol. The zero-order valence-corrected chi connectivity index (χ0v) is 8.12. The van der Waals surface area contributed by atoms with Gasteiger partial charge in [-0.25, -0.2) is 0 Å². The Morgan fingerprint density at radius 2 is 2.00 bits per heavy atom. The highest BCUT2D eigenvalue weighted by Crippen LogP contribution is 1.86. The fourth-order valence-corrected chi connectivity index (χ4v) is 1.01. The third kappa shape index (κ3) is 6.54. The molecule has 0 bridgehead atoms. The van der Waals surface area contributed by atoms with Crippen LogP contribution in [0.2, 0.25) is 0 Å². The standard InChI is InChI=1S/C8H20N2O2/c1-7(5-10(2)3)9-4-8(12)6-11/h7-9,11-12H,4-6H2,1-3H3. The second-order valence-electron chi connectivity index (χ2n) is 3.41. The van der Waals surface area contributed by atoms with Crippen LogP contribution in [-0.2, 0) is 0 Å². The van der Waals surface area contributed by atoms with Gasteiger partial charge >= 0.3 is 0 Å². The summed E-state index contributed by atoms with van der Waals surface area (Å²) >= 11 is 0. The second kappa shape index (κ2) is 6.37. The number of rotatable bonds is 6. The van der Waals surface area contributed by atoms with Gasteiger partial charge in [0.15, 0.2) is 0 Å². The lowest BCUT2D eigenvalue weighted by molar-refractivity contribution is 0.0914. The van der Waals surface area contributed by atoms with Crippen molar-refractivity contribution in [3.05, 3.63) is 0 Å². The Bertz CT molecular complexity index is 109. The molecule has 0 amide bonds. The molecule has 0 aromatic heterocycles. The van der Waals surface area contributed by atoms with E-state index >= 15 is 0 Å². The zero-order valence-electron chi connectivity index (χ0n) is 8.12. The molecule has 0 aliphatic rings. The molecule has 0 saturated heterocycles. The van der Waals surface area contributed by atoms with Gasteiger partial charge in [-0.05, 0) is 21.0 Å². The Balaban J connectivity index is 3.36. The molecule has 3 N–H and O–H groups in total. The van der Waals surface area contributed by atoms with Gasteiger partial charge in [-0.2, -0.15) is 0 Å². The summed E-state index contributed by atoms with van der Waals surface area (Å²) in [6.45, 7) is 3.25. The molecule has 0 spiro atoms. The number of aliphatic hydroxyl groups is 2. The van der Waals surface area contributed by atoms with E-state index in [9.17, 15) is 0 Å². The Morgan fingerprint density at radius 3 is 2.42 bits per heavy atom. The van der Waals surface area contributed by atoms with E-state index in [0.717, 1.165) is 6.54 Å². The molecule has 0 aliphatic heterocycles. The molecule has 0 radical (unpaired) electrons. The highest BCUT2D eigenvalue weighted by Gasteiger charge is 2.05. The average Bonchev–Trinajstić information content (AvgIpc) is 1.99. The van der Waals surface area contributed by atoms with Crippen molar-refractivity contribution < 1.29 is 10.2 Å². The minimum absolute atomic E-state index is 0.179. The Hall–Kier alpha value is -0.160. The van der Waals surface area contributed by atoms with Gasteiger partial charge in [0.25, 0.3) is 0 Å². The van der Waals surface area contributed by atoms with Crippen LogP contribution in [-0.4, -0.2) is 61.1 Å². The summed E-state index contributed by atoms with van der Waals surface area (Å²) in [4.78, 5) is 2.07. The smallest absolute Gasteiger partial charge is 0.0895 e. The van der Waals surface area contributed by atoms with Crippen molar-refractivity contribution >= 4 is 0 Å². The molecule has 74 valence electrons. The molecule has 2 atom stereocenters. The van der Waals surface area contributed by atoms with Crippen LogP contribution in [0.25, 0.3) is 0 Å². The summed E-state index contributed by atoms with van der Waals surface area (Å²) < 4.78 is 0. The Labute approximate surface area is 74.2 Å². The van der Waals surface area contributed by atoms with Gasteiger partial charge in [-0.1, -0.05) is 0 Å². The third-order valence-corrected chi connectivity index (χ3v) is 1.55. The van der Waals surface area contributed by atoms with Crippen molar-refractivity contribution in [1.29, 1.82) is 0 Å². The molecule has 0 saturated carbocycles. The lowest BCUT2D eigenvalue weighted by Gasteiger charge is -2.19. The summed E-state index contributed by atoms with van der Waals surface area (Å²) in [6, 6.07) is 0.334. The lowest BCUT2D eigenvalue weighted by Crippen LogP contribution is -2.40. The van der Waals surface area contributed by atoms with E-state index in [1.807, 2.05) is 21.0 Å². The highest BCUT2D eigenvalue weighted by atomic mass is 16.3. The molecule has 0 aliphatic carbocycles. The van der Waals surface area contributed by atoms with Crippen LogP contribution >= 0.6 is 0 Å². The van der Waals surface area contributed by atoms with Crippen molar-refractivity contribution in [1.82, 2.24) is 10.2 Å². The van der Waals surface area contributed by atoms with E-state index in [-0.39, 0.29) is 6.61 Å². The molecular formula is C8H20N2O2. The molecular weight excluding hydrogens is 156 g/mol. The van der Waals surface area contributed by atoms with Gasteiger partial charge in [-0.15, -0.1) is 0 Å². The van der Waals surface area contributed by atoms with Gasteiger partial charge in [0.2, 0.25) is 0 Å². The van der Waals surface area contributed by atoms with E-state index in [1.54, 1.807) is 0 Å². The van der Waals surface area contributed by atoms with Crippen molar-refractivity contribution in [2.24, 2.45) is 0 Å². The summed E-state index contributed by atoms with van der Waals surface area (Å²) in [7, 11) is 4.00. The number of aliphatic hydroxyl groups excluding tert-OH is 2. The summed E-state index contributed by atoms with van der Waals surface area (Å²) in [6.07, 6.45) is -0.644. The minimum atomic E-state index is -0.644. The normalized spacial score (nSPS) is 16.5. The van der Waals surface area contributed by atoms with Crippen molar-refractivity contribution in [2.75, 3.05) is 33.8 Å². The molecule has 0 fully saturated rings. The molecule has 4 heteroatoms. The highest BCUT2D eigenvalue weighted by molar-refractivity contribution is 4.66. The second-order valence-corrected chi connectivity index (χ2v) is 3.41. The van der Waals surface area contributed by atoms with Gasteiger partial charge in [-0.3, -0.25) is 0 Å². The van der Waals surface area contributed by atoms with E-state index < -0.39 is 6.10 Å². The fourth-order valence-electron chi connectivity index (χ4n) is 1.01. The first-order chi connectivity index (χ1) is 5.56. The van der Waals surface area contributed by atoms with Crippen molar-refractivity contribution in [2.45, 2.75) is 19.1 Å². The summed E-state index contributed by atoms with van der Waals surface area (Å²) in [5.74, 6) is 0. The van der Waals surface area contributed by atoms with Crippen molar-refractivity contribution in [3.8, 4) is 0 Å². The maximum atomic E-state index is 9.01. The monoisotopic (exact) mass is 176 g/mol. The first-order valence-electron chi connectivity index (χ1n) is 4.23. The summed E-state index contributed by atoms with van der Waals surface area (Å²) in [5, 5.41) is 20.7. The van der Waals surface area contributed by atoms with Crippen LogP contribution in [0.3, 0.4) is 0 Å². The number of nitrogens with zero attached hydrogens (tertiary/aromatic N) is 1. The number of likely N-dealkylation sites (N-methyl/N-ethyl adjacent to an activating group) is 1. The molecule has 0 rings (SSSR count). The van der Waals surface area contributed by atoms with E-state index in [1.165, 1.54) is 0 Å². The van der Waals surface area contributed by atoms with Crippen molar-refractivity contribution in [3.63, 3.8) is 0 Å². The van der Waals surface area contributed by atoms with E-state index in [0.29, 0.717) is 12.6 Å². The van der Waals surface area contributed by atoms with Crippen LogP contribution < -0.4 is 5.32 Å². The number of hydrogen-bond acceptors (Lipinski definition) is 4. The van der Waals surface area contributed by atoms with Gasteiger partial charge < -0.3 is 20.4 Å². The van der Waals surface area contributed by atoms with Crippen LogP contribution in [0.15, 0.2) is 0 Å². The van der Waals surface area contributed by atoms with Gasteiger partial charge in [0.1, 0.15) is 0 Å². The predicted octanol–water partition coefficient (Wildman–Crippen LogP) is -1.12. The van der Waals surface area contributed by atoms with E-state index in [4.69, 9.17) is 10.2 Å². The average molecular weight is 176 g/mol. The quantitative estimate of drug-likeness (QED) is 0.480. The minimum Gasteiger partial charge on any atom is -0.394 e. The molecule has 0 aromatic rings. The topological polar surface area (TPSA) is 55.7 Å². The van der Waals surface area contributed by atoms with Gasteiger partial charge in [0.05, 0.1) is 12.7 Å². The van der Waals surface area contributed by atoms with Crippen LogP contribution in [0.5, 0.6) is 0 Å². The lowest BCUT2D eigenvalue weighted by atomic mass is 10.3. The SMILES string of the molecule is CC(CN(C)C)NCC(O)CO. The first-order valence-corrected chi connectivity index (χ1v) is 4.23. The molecule has 0 aromatic carbocycles. The molecule has 0 heterocycles. The molecule has 12 heavy (non-hydrogen) atoms. The van der Waals surface area contributed by atoms with Crippen LogP contribution in [0.1, 0.15) is 6.92 Å². The fraction of sp³-hybridized carbons (Fsp3) is 1.00. The Morgan fingerprint density at radius 1 is 1.42 bits per heavy atom. The zero-order chi connectivity index (χ0) is 9.56. The maximum absolute atomic E-state index is 9.01.